The van der Waals surface area contributed by atoms with Crippen LogP contribution in [0.3, 0.4) is 0 Å². The molecule has 1 amide bonds. The number of ether oxygens (including phenoxy) is 1. The minimum absolute atomic E-state index is 0.249. The monoisotopic (exact) mass is 366 g/mol. The first-order valence-corrected chi connectivity index (χ1v) is 8.96. The second-order valence-corrected chi connectivity index (χ2v) is 7.53. The Morgan fingerprint density at radius 1 is 1.37 bits per heavy atom. The van der Waals surface area contributed by atoms with Crippen LogP contribution in [0.1, 0.15) is 53.6 Å². The van der Waals surface area contributed by atoms with Crippen molar-refractivity contribution < 1.29 is 19.1 Å². The normalized spacial score (nSPS) is 18.0. The van der Waals surface area contributed by atoms with Gasteiger partial charge in [0.25, 0.3) is 5.91 Å². The van der Waals surface area contributed by atoms with Crippen LogP contribution < -0.4 is 10.1 Å². The fourth-order valence-electron chi connectivity index (χ4n) is 3.66. The van der Waals surface area contributed by atoms with Crippen molar-refractivity contribution >= 4 is 16.9 Å². The lowest BCUT2D eigenvalue weighted by Crippen LogP contribution is -2.34. The largest absolute Gasteiger partial charge is 0.487 e. The van der Waals surface area contributed by atoms with Crippen molar-refractivity contribution in [3.63, 3.8) is 0 Å². The lowest BCUT2D eigenvalue weighted by atomic mass is 9.89. The molecule has 0 bridgehead atoms. The van der Waals surface area contributed by atoms with E-state index in [1.807, 2.05) is 32.9 Å². The number of furan rings is 1. The fourth-order valence-corrected chi connectivity index (χ4v) is 3.66. The molecule has 1 atom stereocenters. The second-order valence-electron chi connectivity index (χ2n) is 7.53. The van der Waals surface area contributed by atoms with Crippen molar-refractivity contribution in [2.24, 2.45) is 0 Å². The molecule has 0 aliphatic carbocycles. The average Bonchev–Trinajstić information content (AvgIpc) is 2.96. The molecule has 1 aliphatic heterocycles. The molecule has 3 heterocycles. The van der Waals surface area contributed by atoms with E-state index < -0.39 is 11.7 Å². The van der Waals surface area contributed by atoms with Crippen LogP contribution in [0.25, 0.3) is 11.0 Å². The van der Waals surface area contributed by atoms with E-state index in [-0.39, 0.29) is 11.7 Å². The molecular formula is C21H22N2O4. The maximum Gasteiger partial charge on any atom is 0.287 e. The zero-order valence-electron chi connectivity index (χ0n) is 15.6. The third-order valence-electron chi connectivity index (χ3n) is 4.88. The smallest absolute Gasteiger partial charge is 0.287 e. The first kappa shape index (κ1) is 17.5. The van der Waals surface area contributed by atoms with E-state index in [1.54, 1.807) is 24.5 Å². The van der Waals surface area contributed by atoms with Crippen LogP contribution in [0.2, 0.25) is 0 Å². The van der Waals surface area contributed by atoms with Crippen LogP contribution >= 0.6 is 0 Å². The van der Waals surface area contributed by atoms with Gasteiger partial charge in [-0.2, -0.15) is 0 Å². The van der Waals surface area contributed by atoms with Crippen LogP contribution in [0, 0.1) is 6.92 Å². The number of aliphatic hydroxyl groups is 1. The van der Waals surface area contributed by atoms with Crippen LogP contribution in [0.5, 0.6) is 5.75 Å². The highest BCUT2D eigenvalue weighted by atomic mass is 16.5. The molecule has 0 radical (unpaired) electrons. The van der Waals surface area contributed by atoms with Crippen molar-refractivity contribution in [1.82, 2.24) is 10.3 Å². The summed E-state index contributed by atoms with van der Waals surface area (Å²) in [5.74, 6) is 0.588. The summed E-state index contributed by atoms with van der Waals surface area (Å²) in [5, 5.41) is 14.3. The SMILES string of the molecule is Cc1c(C(=O)NCc2cccnc2)oc2ccc3c(c12)C(O)CC(C)(C)O3. The molecule has 0 fully saturated rings. The second kappa shape index (κ2) is 6.39. The van der Waals surface area contributed by atoms with Gasteiger partial charge >= 0.3 is 0 Å². The van der Waals surface area contributed by atoms with E-state index >= 15 is 0 Å². The summed E-state index contributed by atoms with van der Waals surface area (Å²) in [7, 11) is 0. The number of carbonyl (C=O) groups is 1. The van der Waals surface area contributed by atoms with Gasteiger partial charge in [-0.1, -0.05) is 6.07 Å². The summed E-state index contributed by atoms with van der Waals surface area (Å²) in [4.78, 5) is 16.7. The molecule has 0 saturated heterocycles. The minimum Gasteiger partial charge on any atom is -0.487 e. The Morgan fingerprint density at radius 2 is 2.19 bits per heavy atom. The number of fused-ring (bicyclic) bond motifs is 3. The van der Waals surface area contributed by atoms with Crippen molar-refractivity contribution in [1.29, 1.82) is 0 Å². The topological polar surface area (TPSA) is 84.6 Å². The number of hydrogen-bond donors (Lipinski definition) is 2. The van der Waals surface area contributed by atoms with Gasteiger partial charge in [0.15, 0.2) is 5.76 Å². The van der Waals surface area contributed by atoms with Crippen LogP contribution in [-0.2, 0) is 6.54 Å². The van der Waals surface area contributed by atoms with Crippen LogP contribution in [0.4, 0.5) is 0 Å². The van der Waals surface area contributed by atoms with Gasteiger partial charge in [-0.05, 0) is 44.5 Å². The summed E-state index contributed by atoms with van der Waals surface area (Å²) in [5.41, 5.74) is 2.43. The van der Waals surface area contributed by atoms with Gasteiger partial charge in [-0.3, -0.25) is 9.78 Å². The van der Waals surface area contributed by atoms with E-state index in [0.29, 0.717) is 35.4 Å². The van der Waals surface area contributed by atoms with Gasteiger partial charge in [0.05, 0.1) is 6.10 Å². The fraction of sp³-hybridized carbons (Fsp3) is 0.333. The molecule has 0 spiro atoms. The molecule has 6 nitrogen and oxygen atoms in total. The number of rotatable bonds is 3. The number of pyridine rings is 1. The summed E-state index contributed by atoms with van der Waals surface area (Å²) in [6.07, 6.45) is 3.20. The van der Waals surface area contributed by atoms with Gasteiger partial charge in [-0.15, -0.1) is 0 Å². The zero-order chi connectivity index (χ0) is 19.2. The number of aliphatic hydroxyl groups excluding tert-OH is 1. The Bertz CT molecular complexity index is 1010. The van der Waals surface area contributed by atoms with Crippen molar-refractivity contribution in [2.45, 2.75) is 45.4 Å². The highest BCUT2D eigenvalue weighted by Crippen LogP contribution is 2.45. The number of nitrogens with one attached hydrogen (secondary N) is 1. The Kier molecular flexibility index (Phi) is 4.15. The molecule has 0 saturated carbocycles. The standard InChI is InChI=1S/C21H22N2O4/c1-12-17-15(6-7-16-18(17)14(24)9-21(2,3)27-16)26-19(12)20(25)23-11-13-5-4-8-22-10-13/h4-8,10,14,24H,9,11H2,1-3H3,(H,23,25). The molecule has 4 rings (SSSR count). The van der Waals surface area contributed by atoms with Crippen molar-refractivity contribution in [2.75, 3.05) is 0 Å². The Morgan fingerprint density at radius 3 is 2.93 bits per heavy atom. The number of aryl methyl sites for hydroxylation is 1. The van der Waals surface area contributed by atoms with Gasteiger partial charge in [-0.25, -0.2) is 0 Å². The van der Waals surface area contributed by atoms with E-state index in [2.05, 4.69) is 10.3 Å². The molecule has 27 heavy (non-hydrogen) atoms. The molecule has 3 aromatic rings. The molecule has 2 N–H and O–H groups in total. The third-order valence-corrected chi connectivity index (χ3v) is 4.88. The maximum atomic E-state index is 12.6. The summed E-state index contributed by atoms with van der Waals surface area (Å²) in [6, 6.07) is 7.29. The number of hydrogen-bond acceptors (Lipinski definition) is 5. The Balaban J connectivity index is 1.68. The molecule has 1 aromatic carbocycles. The zero-order valence-corrected chi connectivity index (χ0v) is 15.6. The Labute approximate surface area is 157 Å². The van der Waals surface area contributed by atoms with Gasteiger partial charge in [0.2, 0.25) is 0 Å². The lowest BCUT2D eigenvalue weighted by Gasteiger charge is -2.35. The molecule has 140 valence electrons. The lowest BCUT2D eigenvalue weighted by molar-refractivity contribution is 0.0126. The molecule has 6 heteroatoms. The minimum atomic E-state index is -0.671. The quantitative estimate of drug-likeness (QED) is 0.739. The van der Waals surface area contributed by atoms with Crippen molar-refractivity contribution in [3.05, 3.63) is 59.1 Å². The molecule has 2 aromatic heterocycles. The number of nitrogens with zero attached hydrogens (tertiary/aromatic N) is 1. The average molecular weight is 366 g/mol. The van der Waals surface area contributed by atoms with Crippen LogP contribution in [-0.4, -0.2) is 21.6 Å². The molecule has 1 aliphatic rings. The van der Waals surface area contributed by atoms with Crippen molar-refractivity contribution in [3.8, 4) is 5.75 Å². The maximum absolute atomic E-state index is 12.6. The van der Waals surface area contributed by atoms with E-state index in [1.165, 1.54) is 0 Å². The first-order valence-electron chi connectivity index (χ1n) is 8.96. The summed E-state index contributed by atoms with van der Waals surface area (Å²) in [6.45, 7) is 6.09. The number of amides is 1. The third kappa shape index (κ3) is 3.17. The first-order chi connectivity index (χ1) is 12.9. The number of aromatic nitrogens is 1. The van der Waals surface area contributed by atoms with E-state index in [0.717, 1.165) is 10.9 Å². The number of benzene rings is 1. The summed E-state index contributed by atoms with van der Waals surface area (Å²) < 4.78 is 11.8. The number of carbonyl (C=O) groups excluding carboxylic acids is 1. The van der Waals surface area contributed by atoms with E-state index in [4.69, 9.17) is 9.15 Å². The Hall–Kier alpha value is -2.86. The van der Waals surface area contributed by atoms with E-state index in [9.17, 15) is 9.90 Å². The highest BCUT2D eigenvalue weighted by Gasteiger charge is 2.35. The van der Waals surface area contributed by atoms with Gasteiger partial charge < -0.3 is 19.6 Å². The van der Waals surface area contributed by atoms with Gasteiger partial charge in [0.1, 0.15) is 16.9 Å². The van der Waals surface area contributed by atoms with Crippen LogP contribution in [0.15, 0.2) is 41.1 Å². The highest BCUT2D eigenvalue weighted by molar-refractivity contribution is 6.00. The predicted octanol–water partition coefficient (Wildman–Crippen LogP) is 3.66. The van der Waals surface area contributed by atoms with Gasteiger partial charge in [0, 0.05) is 41.9 Å². The molecular weight excluding hydrogens is 344 g/mol. The summed E-state index contributed by atoms with van der Waals surface area (Å²) >= 11 is 0. The predicted molar refractivity (Wildman–Crippen MR) is 101 cm³/mol. The molecule has 1 unspecified atom stereocenters.